The van der Waals surface area contributed by atoms with Gasteiger partial charge < -0.3 is 14.6 Å². The van der Waals surface area contributed by atoms with E-state index in [4.69, 9.17) is 4.42 Å². The number of likely N-dealkylation sites (N-methyl/N-ethyl adjacent to an activating group) is 1. The van der Waals surface area contributed by atoms with Gasteiger partial charge in [-0.1, -0.05) is 6.42 Å². The molecule has 1 fully saturated rings. The molecule has 3 rings (SSSR count). The van der Waals surface area contributed by atoms with E-state index in [1.807, 2.05) is 0 Å². The highest BCUT2D eigenvalue weighted by Crippen LogP contribution is 2.26. The number of hydrogen-bond donors (Lipinski definition) is 1. The van der Waals surface area contributed by atoms with Gasteiger partial charge in [0.2, 0.25) is 5.91 Å². The number of oxazole rings is 1. The average molecular weight is 327 g/mol. The van der Waals surface area contributed by atoms with Gasteiger partial charge in [0.15, 0.2) is 22.0 Å². The van der Waals surface area contributed by atoms with Crippen LogP contribution in [0.4, 0.5) is 0 Å². The molecule has 1 aromatic heterocycles. The third-order valence-corrected chi connectivity index (χ3v) is 6.80. The lowest BCUT2D eigenvalue weighted by Gasteiger charge is -2.30. The molecule has 0 aromatic carbocycles. The fourth-order valence-electron chi connectivity index (χ4n) is 3.25. The summed E-state index contributed by atoms with van der Waals surface area (Å²) in [6.45, 7) is 0.742. The molecule has 7 nitrogen and oxygen atoms in total. The Hall–Kier alpha value is -1.41. The van der Waals surface area contributed by atoms with Crippen molar-refractivity contribution < 1.29 is 17.6 Å². The number of hydrogen-bond acceptors (Lipinski definition) is 6. The minimum absolute atomic E-state index is 0.140. The van der Waals surface area contributed by atoms with Crippen LogP contribution in [0.2, 0.25) is 0 Å². The largest absolute Gasteiger partial charge is 0.446 e. The number of fused-ring (bicyclic) bond motifs is 1. The van der Waals surface area contributed by atoms with Gasteiger partial charge in [-0.2, -0.15) is 0 Å². The van der Waals surface area contributed by atoms with E-state index in [1.54, 1.807) is 11.9 Å². The van der Waals surface area contributed by atoms with Gasteiger partial charge in [0.1, 0.15) is 6.04 Å². The maximum atomic E-state index is 12.7. The number of rotatable bonds is 3. The molecule has 1 N–H and O–H groups in total. The molecule has 1 aromatic rings. The Kier molecular flexibility index (Phi) is 4.22. The number of aromatic nitrogens is 1. The van der Waals surface area contributed by atoms with Crippen molar-refractivity contribution in [3.05, 3.63) is 17.8 Å². The van der Waals surface area contributed by atoms with Gasteiger partial charge >= 0.3 is 0 Å². The van der Waals surface area contributed by atoms with Gasteiger partial charge in [-0.3, -0.25) is 4.79 Å². The Bertz CT molecular complexity index is 655. The van der Waals surface area contributed by atoms with Crippen LogP contribution < -0.4 is 5.32 Å². The molecule has 0 spiro atoms. The highest BCUT2D eigenvalue weighted by molar-refractivity contribution is 7.92. The summed E-state index contributed by atoms with van der Waals surface area (Å²) < 4.78 is 29.7. The zero-order valence-electron chi connectivity index (χ0n) is 12.6. The lowest BCUT2D eigenvalue weighted by Crippen LogP contribution is -2.46. The average Bonchev–Trinajstić information content (AvgIpc) is 2.89. The first kappa shape index (κ1) is 15.5. The normalized spacial score (nSPS) is 28.2. The first-order valence-electron chi connectivity index (χ1n) is 7.63. The molecule has 2 unspecified atom stereocenters. The summed E-state index contributed by atoms with van der Waals surface area (Å²) in [6.07, 6.45) is 4.21. The van der Waals surface area contributed by atoms with Crippen molar-refractivity contribution in [2.45, 2.75) is 37.0 Å². The number of carbonyl (C=O) groups excluding carboxylic acids is 1. The fraction of sp³-hybridized carbons (Fsp3) is 0.714. The van der Waals surface area contributed by atoms with Crippen LogP contribution in [0.1, 0.15) is 36.8 Å². The van der Waals surface area contributed by atoms with Crippen LogP contribution in [0.25, 0.3) is 0 Å². The van der Waals surface area contributed by atoms with E-state index in [-0.39, 0.29) is 18.2 Å². The molecule has 2 atom stereocenters. The zero-order valence-corrected chi connectivity index (χ0v) is 13.4. The van der Waals surface area contributed by atoms with Crippen molar-refractivity contribution in [2.24, 2.45) is 0 Å². The predicted molar refractivity (Wildman–Crippen MR) is 80.0 cm³/mol. The first-order valence-corrected chi connectivity index (χ1v) is 9.34. The highest BCUT2D eigenvalue weighted by atomic mass is 32.2. The quantitative estimate of drug-likeness (QED) is 0.858. The Morgan fingerprint density at radius 1 is 1.45 bits per heavy atom. The van der Waals surface area contributed by atoms with Crippen molar-refractivity contribution in [3.63, 3.8) is 0 Å². The Morgan fingerprint density at radius 3 is 3.00 bits per heavy atom. The maximum Gasteiger partial charge on any atom is 0.247 e. The summed E-state index contributed by atoms with van der Waals surface area (Å²) in [6, 6.07) is -0.591. The molecule has 1 amide bonds. The minimum atomic E-state index is -3.09. The molecule has 2 aliphatic rings. The van der Waals surface area contributed by atoms with Gasteiger partial charge in [0.25, 0.3) is 0 Å². The van der Waals surface area contributed by atoms with Crippen molar-refractivity contribution >= 4 is 15.7 Å². The van der Waals surface area contributed by atoms with Gasteiger partial charge in [0, 0.05) is 19.5 Å². The van der Waals surface area contributed by atoms with Crippen LogP contribution in [0.15, 0.2) is 10.8 Å². The third-order valence-electron chi connectivity index (χ3n) is 4.54. The summed E-state index contributed by atoms with van der Waals surface area (Å²) in [5, 5.41) is 2.51. The zero-order chi connectivity index (χ0) is 15.7. The van der Waals surface area contributed by atoms with E-state index < -0.39 is 21.1 Å². The molecule has 22 heavy (non-hydrogen) atoms. The second-order valence-corrected chi connectivity index (χ2v) is 8.30. The molecule has 3 heterocycles. The SMILES string of the molecule is CNC1C(=O)N(CC2CCCCS2(=O)=O)CCc2ncoc21. The Balaban J connectivity index is 1.80. The Labute approximate surface area is 130 Å². The molecule has 0 aliphatic carbocycles. The van der Waals surface area contributed by atoms with Crippen LogP contribution in [0, 0.1) is 0 Å². The molecule has 122 valence electrons. The van der Waals surface area contributed by atoms with Crippen molar-refractivity contribution in [1.29, 1.82) is 0 Å². The monoisotopic (exact) mass is 327 g/mol. The summed E-state index contributed by atoms with van der Waals surface area (Å²) in [4.78, 5) is 18.5. The van der Waals surface area contributed by atoms with E-state index >= 15 is 0 Å². The lowest BCUT2D eigenvalue weighted by molar-refractivity contribution is -0.133. The second-order valence-electron chi connectivity index (χ2n) is 5.90. The van der Waals surface area contributed by atoms with Crippen molar-refractivity contribution in [1.82, 2.24) is 15.2 Å². The van der Waals surface area contributed by atoms with Crippen molar-refractivity contribution in [3.8, 4) is 0 Å². The van der Waals surface area contributed by atoms with Crippen molar-refractivity contribution in [2.75, 3.05) is 25.9 Å². The minimum Gasteiger partial charge on any atom is -0.446 e. The highest BCUT2D eigenvalue weighted by Gasteiger charge is 2.37. The molecule has 8 heteroatoms. The molecule has 0 radical (unpaired) electrons. The fourth-order valence-corrected chi connectivity index (χ4v) is 5.13. The molecule has 0 saturated carbocycles. The molecular formula is C14H21N3O4S. The summed E-state index contributed by atoms with van der Waals surface area (Å²) >= 11 is 0. The second kappa shape index (κ2) is 6.00. The van der Waals surface area contributed by atoms with E-state index in [0.29, 0.717) is 25.1 Å². The predicted octanol–water partition coefficient (Wildman–Crippen LogP) is 0.287. The van der Waals surface area contributed by atoms with Crippen LogP contribution in [0.3, 0.4) is 0 Å². The lowest BCUT2D eigenvalue weighted by atomic mass is 10.1. The summed E-state index contributed by atoms with van der Waals surface area (Å²) in [5.74, 6) is 0.636. The summed E-state index contributed by atoms with van der Waals surface area (Å²) in [5.41, 5.74) is 0.765. The molecule has 0 bridgehead atoms. The van der Waals surface area contributed by atoms with Crippen LogP contribution in [0.5, 0.6) is 0 Å². The number of carbonyl (C=O) groups is 1. The van der Waals surface area contributed by atoms with E-state index in [2.05, 4.69) is 10.3 Å². The number of nitrogens with zero attached hydrogens (tertiary/aromatic N) is 2. The first-order chi connectivity index (χ1) is 10.5. The van der Waals surface area contributed by atoms with Gasteiger partial charge in [0.05, 0.1) is 16.7 Å². The third kappa shape index (κ3) is 2.77. The van der Waals surface area contributed by atoms with Gasteiger partial charge in [-0.05, 0) is 19.9 Å². The van der Waals surface area contributed by atoms with E-state index in [0.717, 1.165) is 18.5 Å². The number of nitrogens with one attached hydrogen (secondary N) is 1. The maximum absolute atomic E-state index is 12.7. The number of amides is 1. The van der Waals surface area contributed by atoms with Crippen LogP contribution in [-0.4, -0.2) is 55.3 Å². The van der Waals surface area contributed by atoms with Crippen LogP contribution >= 0.6 is 0 Å². The molecule has 2 aliphatic heterocycles. The van der Waals surface area contributed by atoms with Crippen LogP contribution in [-0.2, 0) is 21.1 Å². The summed E-state index contributed by atoms with van der Waals surface area (Å²) in [7, 11) is -1.40. The van der Waals surface area contributed by atoms with E-state index in [1.165, 1.54) is 6.39 Å². The molecular weight excluding hydrogens is 306 g/mol. The van der Waals surface area contributed by atoms with E-state index in [9.17, 15) is 13.2 Å². The topological polar surface area (TPSA) is 92.5 Å². The number of sulfone groups is 1. The van der Waals surface area contributed by atoms with Gasteiger partial charge in [-0.25, -0.2) is 13.4 Å². The Morgan fingerprint density at radius 2 is 2.27 bits per heavy atom. The standard InChI is InChI=1S/C14H21N3O4S/c1-15-12-13-11(16-9-21-13)5-6-17(14(12)18)8-10-4-2-3-7-22(10,19)20/h9-10,12,15H,2-8H2,1H3. The van der Waals surface area contributed by atoms with Gasteiger partial charge in [-0.15, -0.1) is 0 Å². The molecule has 1 saturated heterocycles. The smallest absolute Gasteiger partial charge is 0.247 e.